The molecule has 1 amide bonds. The molecule has 3 rings (SSSR count). The van der Waals surface area contributed by atoms with Crippen LogP contribution in [0.25, 0.3) is 0 Å². The number of aliphatic hydroxyl groups excluding tert-OH is 1. The summed E-state index contributed by atoms with van der Waals surface area (Å²) in [5.41, 5.74) is 6.50. The zero-order chi connectivity index (χ0) is 17.1. The number of aromatic nitrogens is 2. The first-order valence-corrected chi connectivity index (χ1v) is 7.87. The number of anilines is 2. The van der Waals surface area contributed by atoms with Crippen molar-refractivity contribution in [3.63, 3.8) is 0 Å². The average molecular weight is 325 g/mol. The minimum Gasteiger partial charge on any atom is -0.393 e. The normalized spacial score (nSPS) is 23.4. The fraction of sp³-hybridized carbons (Fsp3) is 0.353. The van der Waals surface area contributed by atoms with E-state index in [1.54, 1.807) is 10.9 Å². The van der Waals surface area contributed by atoms with Gasteiger partial charge in [0.05, 0.1) is 24.1 Å². The summed E-state index contributed by atoms with van der Waals surface area (Å²) in [5.74, 6) is -0.492. The molecule has 1 aliphatic carbocycles. The molecule has 1 saturated carbocycles. The Balaban J connectivity index is 1.93. The Labute approximate surface area is 139 Å². The van der Waals surface area contributed by atoms with Gasteiger partial charge in [0.25, 0.3) is 5.91 Å². The van der Waals surface area contributed by atoms with Gasteiger partial charge in [-0.25, -0.2) is 0 Å². The molecule has 1 unspecified atom stereocenters. The number of hydrogen-bond acceptors (Lipinski definition) is 5. The molecular weight excluding hydrogens is 306 g/mol. The summed E-state index contributed by atoms with van der Waals surface area (Å²) < 4.78 is 1.58. The van der Waals surface area contributed by atoms with Gasteiger partial charge in [0.2, 0.25) is 0 Å². The van der Waals surface area contributed by atoms with Crippen molar-refractivity contribution >= 4 is 17.4 Å². The molecule has 7 nitrogen and oxygen atoms in total. The van der Waals surface area contributed by atoms with Crippen LogP contribution in [-0.4, -0.2) is 26.9 Å². The molecule has 0 radical (unpaired) electrons. The first-order valence-electron chi connectivity index (χ1n) is 7.87. The molecule has 4 N–H and O–H groups in total. The Morgan fingerprint density at radius 2 is 2.12 bits per heavy atom. The lowest BCUT2D eigenvalue weighted by atomic mass is 9.84. The van der Waals surface area contributed by atoms with Crippen LogP contribution >= 0.6 is 0 Å². The van der Waals surface area contributed by atoms with Crippen LogP contribution in [0.15, 0.2) is 36.5 Å². The number of nitrogens with one attached hydrogen (secondary N) is 1. The molecule has 1 aromatic carbocycles. The van der Waals surface area contributed by atoms with E-state index in [0.717, 1.165) is 5.69 Å². The van der Waals surface area contributed by atoms with E-state index in [-0.39, 0.29) is 17.5 Å². The highest BCUT2D eigenvalue weighted by Crippen LogP contribution is 2.34. The number of hydrogen-bond donors (Lipinski definition) is 3. The highest BCUT2D eigenvalue weighted by Gasteiger charge is 2.32. The van der Waals surface area contributed by atoms with Gasteiger partial charge < -0.3 is 16.2 Å². The first-order chi connectivity index (χ1) is 11.6. The monoisotopic (exact) mass is 325 g/mol. The van der Waals surface area contributed by atoms with Crippen molar-refractivity contribution in [2.45, 2.75) is 31.4 Å². The van der Waals surface area contributed by atoms with E-state index < -0.39 is 12.0 Å². The molecule has 124 valence electrons. The molecule has 0 spiro atoms. The smallest absolute Gasteiger partial charge is 0.254 e. The van der Waals surface area contributed by atoms with E-state index in [1.807, 2.05) is 30.3 Å². The molecule has 1 heterocycles. The van der Waals surface area contributed by atoms with Crippen molar-refractivity contribution in [3.8, 4) is 6.07 Å². The zero-order valence-electron chi connectivity index (χ0n) is 13.1. The number of rotatable bonds is 4. The van der Waals surface area contributed by atoms with Gasteiger partial charge >= 0.3 is 0 Å². The number of nitrogens with zero attached hydrogens (tertiary/aromatic N) is 3. The van der Waals surface area contributed by atoms with Crippen molar-refractivity contribution < 1.29 is 9.90 Å². The molecule has 24 heavy (non-hydrogen) atoms. The third-order valence-electron chi connectivity index (χ3n) is 4.33. The van der Waals surface area contributed by atoms with E-state index >= 15 is 0 Å². The highest BCUT2D eigenvalue weighted by molar-refractivity contribution is 5.98. The van der Waals surface area contributed by atoms with Gasteiger partial charge in [-0.2, -0.15) is 10.4 Å². The molecule has 7 heteroatoms. The van der Waals surface area contributed by atoms with Gasteiger partial charge in [-0.05, 0) is 31.4 Å². The molecular formula is C17H19N5O2. The maximum absolute atomic E-state index is 11.7. The van der Waals surface area contributed by atoms with Gasteiger partial charge in [0.15, 0.2) is 5.82 Å². The second kappa shape index (κ2) is 6.72. The average Bonchev–Trinajstić information content (AvgIpc) is 2.99. The molecule has 0 bridgehead atoms. The Morgan fingerprint density at radius 3 is 2.79 bits per heavy atom. The van der Waals surface area contributed by atoms with Gasteiger partial charge in [-0.15, -0.1) is 0 Å². The van der Waals surface area contributed by atoms with Crippen LogP contribution in [0.3, 0.4) is 0 Å². The van der Waals surface area contributed by atoms with Crippen molar-refractivity contribution in [3.05, 3.63) is 42.1 Å². The highest BCUT2D eigenvalue weighted by atomic mass is 16.3. The molecule has 1 aliphatic rings. The van der Waals surface area contributed by atoms with Crippen molar-refractivity contribution in [1.29, 1.82) is 5.26 Å². The van der Waals surface area contributed by atoms with Crippen LogP contribution in [0.2, 0.25) is 0 Å². The zero-order valence-corrected chi connectivity index (χ0v) is 13.1. The summed E-state index contributed by atoms with van der Waals surface area (Å²) in [6, 6.07) is 11.3. The standard InChI is InChI=1S/C17H19N5O2/c18-9-11-6-7-13(23)8-15(11)22-10-14(16(19)24)17(21-22)20-12-4-2-1-3-5-12/h1-5,10-11,13,15,23H,6-8H2,(H2,19,24)(H,20,21)/t11?,13-,15+/m1/s1. The predicted octanol–water partition coefficient (Wildman–Crippen LogP) is 1.95. The Morgan fingerprint density at radius 1 is 1.38 bits per heavy atom. The molecule has 3 atom stereocenters. The summed E-state index contributed by atoms with van der Waals surface area (Å²) in [6.45, 7) is 0. The van der Waals surface area contributed by atoms with Crippen molar-refractivity contribution in [2.24, 2.45) is 11.7 Å². The van der Waals surface area contributed by atoms with Crippen molar-refractivity contribution in [2.75, 3.05) is 5.32 Å². The second-order valence-electron chi connectivity index (χ2n) is 6.00. The number of amides is 1. The van der Waals surface area contributed by atoms with E-state index in [9.17, 15) is 15.2 Å². The van der Waals surface area contributed by atoms with Crippen LogP contribution in [0, 0.1) is 17.2 Å². The number of carbonyl (C=O) groups is 1. The minimum absolute atomic E-state index is 0.251. The number of benzene rings is 1. The van der Waals surface area contributed by atoms with Crippen LogP contribution in [0.4, 0.5) is 11.5 Å². The number of aliphatic hydroxyl groups is 1. The Bertz CT molecular complexity index is 765. The number of carbonyl (C=O) groups excluding carboxylic acids is 1. The molecule has 0 saturated heterocycles. The molecule has 0 aliphatic heterocycles. The lowest BCUT2D eigenvalue weighted by molar-refractivity contribution is 0.0830. The molecule has 2 aromatic rings. The largest absolute Gasteiger partial charge is 0.393 e. The third-order valence-corrected chi connectivity index (χ3v) is 4.33. The van der Waals surface area contributed by atoms with E-state index in [0.29, 0.717) is 25.1 Å². The topological polar surface area (TPSA) is 117 Å². The Hall–Kier alpha value is -2.85. The predicted molar refractivity (Wildman–Crippen MR) is 88.5 cm³/mol. The summed E-state index contributed by atoms with van der Waals surface area (Å²) in [6.07, 6.45) is 2.73. The van der Waals surface area contributed by atoms with Crippen LogP contribution in [0.1, 0.15) is 35.7 Å². The quantitative estimate of drug-likeness (QED) is 0.794. The Kier molecular flexibility index (Phi) is 4.49. The number of para-hydroxylation sites is 1. The summed E-state index contributed by atoms with van der Waals surface area (Å²) >= 11 is 0. The minimum atomic E-state index is -0.593. The summed E-state index contributed by atoms with van der Waals surface area (Å²) in [7, 11) is 0. The number of primary amides is 1. The number of nitrogens with two attached hydrogens (primary N) is 1. The molecule has 1 fully saturated rings. The third kappa shape index (κ3) is 3.24. The fourth-order valence-electron chi connectivity index (χ4n) is 3.06. The lowest BCUT2D eigenvalue weighted by Crippen LogP contribution is -2.29. The van der Waals surface area contributed by atoms with Crippen molar-refractivity contribution in [1.82, 2.24) is 9.78 Å². The van der Waals surface area contributed by atoms with E-state index in [1.165, 1.54) is 0 Å². The first kappa shape index (κ1) is 16.0. The maximum atomic E-state index is 11.7. The van der Waals surface area contributed by atoms with Gasteiger partial charge in [-0.3, -0.25) is 9.48 Å². The SMILES string of the molecule is N#CC1CC[C@@H](O)C[C@@H]1n1cc(C(N)=O)c(Nc2ccccc2)n1. The maximum Gasteiger partial charge on any atom is 0.254 e. The van der Waals surface area contributed by atoms with Gasteiger partial charge in [-0.1, -0.05) is 18.2 Å². The van der Waals surface area contributed by atoms with E-state index in [2.05, 4.69) is 16.5 Å². The van der Waals surface area contributed by atoms with E-state index in [4.69, 9.17) is 5.73 Å². The van der Waals surface area contributed by atoms with Crippen LogP contribution < -0.4 is 11.1 Å². The number of nitriles is 1. The van der Waals surface area contributed by atoms with Gasteiger partial charge in [0.1, 0.15) is 5.56 Å². The molecule has 1 aromatic heterocycles. The second-order valence-corrected chi connectivity index (χ2v) is 6.00. The summed E-state index contributed by atoms with van der Waals surface area (Å²) in [5, 5.41) is 26.8. The fourth-order valence-corrected chi connectivity index (χ4v) is 3.06. The summed E-state index contributed by atoms with van der Waals surface area (Å²) in [4.78, 5) is 11.7. The van der Waals surface area contributed by atoms with Gasteiger partial charge in [0, 0.05) is 11.9 Å². The van der Waals surface area contributed by atoms with Crippen LogP contribution in [0.5, 0.6) is 0 Å². The lowest BCUT2D eigenvalue weighted by Gasteiger charge is -2.30. The van der Waals surface area contributed by atoms with Crippen LogP contribution in [-0.2, 0) is 0 Å².